The molecular weight excluding hydrogens is 474 g/mol. The molecule has 2 heterocycles. The molecule has 12 heteroatoms. The second-order valence-electron chi connectivity index (χ2n) is 7.26. The third-order valence-electron chi connectivity index (χ3n) is 4.72. The fourth-order valence-corrected chi connectivity index (χ4v) is 3.77. The highest BCUT2D eigenvalue weighted by atomic mass is 32.2. The maximum absolute atomic E-state index is 12.9. The lowest BCUT2D eigenvalue weighted by Crippen LogP contribution is -2.13. The van der Waals surface area contributed by atoms with Crippen LogP contribution in [-0.2, 0) is 9.84 Å². The summed E-state index contributed by atoms with van der Waals surface area (Å²) in [5.41, 5.74) is 0.189. The van der Waals surface area contributed by atoms with E-state index >= 15 is 0 Å². The zero-order valence-corrected chi connectivity index (χ0v) is 19.0. The summed E-state index contributed by atoms with van der Waals surface area (Å²) in [7, 11) is -3.39. The Morgan fingerprint density at radius 1 is 1.00 bits per heavy atom. The van der Waals surface area contributed by atoms with Crippen molar-refractivity contribution in [2.24, 2.45) is 0 Å². The first-order valence-corrected chi connectivity index (χ1v) is 11.9. The van der Waals surface area contributed by atoms with E-state index in [1.54, 1.807) is 0 Å². The number of nitrogens with zero attached hydrogens (tertiary/aromatic N) is 4. The highest BCUT2D eigenvalue weighted by Crippen LogP contribution is 2.33. The van der Waals surface area contributed by atoms with Crippen LogP contribution in [-0.4, -0.2) is 40.5 Å². The number of hydrogen-bond donors (Lipinski definition) is 1. The molecule has 0 saturated carbocycles. The van der Waals surface area contributed by atoms with Crippen LogP contribution < -0.4 is 10.1 Å². The van der Waals surface area contributed by atoms with Crippen LogP contribution in [0, 0.1) is 10.1 Å². The van der Waals surface area contributed by atoms with Crippen molar-refractivity contribution in [1.82, 2.24) is 15.0 Å². The van der Waals surface area contributed by atoms with Gasteiger partial charge in [-0.3, -0.25) is 19.9 Å². The van der Waals surface area contributed by atoms with E-state index in [2.05, 4.69) is 20.3 Å². The van der Waals surface area contributed by atoms with Gasteiger partial charge in [-0.15, -0.1) is 0 Å². The van der Waals surface area contributed by atoms with Gasteiger partial charge in [-0.05, 0) is 48.5 Å². The monoisotopic (exact) mass is 491 g/mol. The van der Waals surface area contributed by atoms with Crippen LogP contribution in [0.4, 0.5) is 11.5 Å². The van der Waals surface area contributed by atoms with Gasteiger partial charge in [-0.25, -0.2) is 18.4 Å². The molecule has 4 rings (SSSR count). The Hall–Kier alpha value is -4.71. The molecule has 2 aromatic heterocycles. The summed E-state index contributed by atoms with van der Waals surface area (Å²) < 4.78 is 29.3. The Morgan fingerprint density at radius 2 is 1.77 bits per heavy atom. The molecule has 0 aliphatic heterocycles. The van der Waals surface area contributed by atoms with Gasteiger partial charge >= 0.3 is 0 Å². The molecule has 1 N–H and O–H groups in total. The Bertz CT molecular complexity index is 1510. The molecule has 0 atom stereocenters. The predicted octanol–water partition coefficient (Wildman–Crippen LogP) is 3.89. The first kappa shape index (κ1) is 23.4. The molecule has 4 aromatic rings. The predicted molar refractivity (Wildman–Crippen MR) is 126 cm³/mol. The molecule has 0 aliphatic rings. The number of benzene rings is 2. The van der Waals surface area contributed by atoms with Crippen molar-refractivity contribution in [1.29, 1.82) is 0 Å². The summed E-state index contributed by atoms with van der Waals surface area (Å²) in [5.74, 6) is 0.137. The van der Waals surface area contributed by atoms with E-state index in [4.69, 9.17) is 4.74 Å². The Balaban J connectivity index is 1.75. The molecule has 11 nitrogen and oxygen atoms in total. The average Bonchev–Trinajstić information content (AvgIpc) is 2.84. The smallest absolute Gasteiger partial charge is 0.295 e. The SMILES string of the molecule is CS(=O)(=O)c1ccc(Oc2cc(C(=O)Nc3cnccn3)cc(-c3ncccc3[N+](=O)[O-])c2)cc1. The lowest BCUT2D eigenvalue weighted by Gasteiger charge is -2.12. The van der Waals surface area contributed by atoms with Crippen molar-refractivity contribution >= 4 is 27.2 Å². The van der Waals surface area contributed by atoms with Crippen LogP contribution in [0.2, 0.25) is 0 Å². The van der Waals surface area contributed by atoms with Crippen molar-refractivity contribution in [2.45, 2.75) is 4.90 Å². The first-order chi connectivity index (χ1) is 16.7. The number of nitro groups is 1. The van der Waals surface area contributed by atoms with Gasteiger partial charge in [0, 0.05) is 42.0 Å². The molecule has 0 spiro atoms. The molecule has 2 aromatic carbocycles. The summed E-state index contributed by atoms with van der Waals surface area (Å²) in [4.78, 5) is 36.0. The van der Waals surface area contributed by atoms with Gasteiger partial charge < -0.3 is 10.1 Å². The lowest BCUT2D eigenvalue weighted by atomic mass is 10.0. The maximum atomic E-state index is 12.9. The third kappa shape index (κ3) is 5.62. The number of hydrogen-bond acceptors (Lipinski definition) is 9. The van der Waals surface area contributed by atoms with Gasteiger partial charge in [0.1, 0.15) is 17.2 Å². The van der Waals surface area contributed by atoms with Crippen molar-refractivity contribution < 1.29 is 22.9 Å². The van der Waals surface area contributed by atoms with Crippen molar-refractivity contribution in [3.63, 3.8) is 0 Å². The number of nitrogens with one attached hydrogen (secondary N) is 1. The Labute approximate surface area is 199 Å². The molecule has 0 bridgehead atoms. The summed E-state index contributed by atoms with van der Waals surface area (Å²) in [5, 5.41) is 14.1. The van der Waals surface area contributed by atoms with Gasteiger partial charge in [0.25, 0.3) is 11.6 Å². The normalized spacial score (nSPS) is 11.0. The van der Waals surface area contributed by atoms with E-state index in [1.807, 2.05) is 0 Å². The molecule has 176 valence electrons. The zero-order valence-electron chi connectivity index (χ0n) is 18.2. The van der Waals surface area contributed by atoms with Crippen LogP contribution in [0.25, 0.3) is 11.3 Å². The van der Waals surface area contributed by atoms with Crippen LogP contribution >= 0.6 is 0 Å². The van der Waals surface area contributed by atoms with Gasteiger partial charge in [0.2, 0.25) is 0 Å². The topological polar surface area (TPSA) is 154 Å². The van der Waals surface area contributed by atoms with Gasteiger partial charge in [-0.1, -0.05) is 0 Å². The number of aromatic nitrogens is 3. The maximum Gasteiger partial charge on any atom is 0.295 e. The van der Waals surface area contributed by atoms with E-state index in [-0.39, 0.29) is 39.0 Å². The lowest BCUT2D eigenvalue weighted by molar-refractivity contribution is -0.384. The minimum atomic E-state index is -3.39. The minimum Gasteiger partial charge on any atom is -0.457 e. The standard InChI is InChI=1S/C23H17N5O6S/c1-35(32,33)19-6-4-17(5-7-19)34-18-12-15(22-20(28(30)31)3-2-8-26-22)11-16(13-18)23(29)27-21-14-24-9-10-25-21/h2-14H,1H3,(H,25,27,29). The van der Waals surface area contributed by atoms with E-state index < -0.39 is 20.7 Å². The molecular formula is C23H17N5O6S. The Kier molecular flexibility index (Phi) is 6.46. The van der Waals surface area contributed by atoms with Crippen molar-refractivity contribution in [2.75, 3.05) is 11.6 Å². The number of carbonyl (C=O) groups is 1. The fourth-order valence-electron chi connectivity index (χ4n) is 3.14. The van der Waals surface area contributed by atoms with E-state index in [0.717, 1.165) is 6.26 Å². The summed E-state index contributed by atoms with van der Waals surface area (Å²) in [6.07, 6.45) is 6.73. The molecule has 0 unspecified atom stereocenters. The summed E-state index contributed by atoms with van der Waals surface area (Å²) in [6, 6.07) is 12.8. The number of sulfone groups is 1. The highest BCUT2D eigenvalue weighted by Gasteiger charge is 2.20. The van der Waals surface area contributed by atoms with Gasteiger partial charge in [-0.2, -0.15) is 0 Å². The number of rotatable bonds is 7. The molecule has 35 heavy (non-hydrogen) atoms. The van der Waals surface area contributed by atoms with Crippen molar-refractivity contribution in [3.05, 3.63) is 95.1 Å². The largest absolute Gasteiger partial charge is 0.457 e. The molecule has 0 aliphatic carbocycles. The number of carbonyl (C=O) groups excluding carboxylic acids is 1. The molecule has 1 amide bonds. The van der Waals surface area contributed by atoms with Gasteiger partial charge in [0.05, 0.1) is 16.0 Å². The van der Waals surface area contributed by atoms with Crippen LogP contribution in [0.5, 0.6) is 11.5 Å². The average molecular weight is 491 g/mol. The second kappa shape index (κ2) is 9.65. The molecule has 0 saturated heterocycles. The number of ether oxygens (including phenoxy) is 1. The van der Waals surface area contributed by atoms with Crippen LogP contribution in [0.3, 0.4) is 0 Å². The minimum absolute atomic E-state index is 0.0453. The Morgan fingerprint density at radius 3 is 2.43 bits per heavy atom. The highest BCUT2D eigenvalue weighted by molar-refractivity contribution is 7.90. The van der Waals surface area contributed by atoms with Crippen molar-refractivity contribution in [3.8, 4) is 22.8 Å². The summed E-state index contributed by atoms with van der Waals surface area (Å²) >= 11 is 0. The van der Waals surface area contributed by atoms with E-state index in [0.29, 0.717) is 5.75 Å². The third-order valence-corrected chi connectivity index (χ3v) is 5.85. The van der Waals surface area contributed by atoms with Gasteiger partial charge in [0.15, 0.2) is 15.7 Å². The number of amides is 1. The molecule has 0 fully saturated rings. The molecule has 0 radical (unpaired) electrons. The first-order valence-electron chi connectivity index (χ1n) is 10.0. The fraction of sp³-hybridized carbons (Fsp3) is 0.0435. The van der Waals surface area contributed by atoms with Crippen LogP contribution in [0.15, 0.2) is 84.3 Å². The number of anilines is 1. The van der Waals surface area contributed by atoms with E-state index in [9.17, 15) is 23.3 Å². The summed E-state index contributed by atoms with van der Waals surface area (Å²) in [6.45, 7) is 0. The number of pyridine rings is 1. The second-order valence-corrected chi connectivity index (χ2v) is 9.28. The zero-order chi connectivity index (χ0) is 25.0. The van der Waals surface area contributed by atoms with E-state index in [1.165, 1.54) is 79.4 Å². The van der Waals surface area contributed by atoms with Crippen LogP contribution in [0.1, 0.15) is 10.4 Å². The quantitative estimate of drug-likeness (QED) is 0.299.